The minimum atomic E-state index is 0.0737. The Bertz CT molecular complexity index is 773. The number of fused-ring (bicyclic) bond motifs is 1. The first-order chi connectivity index (χ1) is 13.1. The van der Waals surface area contributed by atoms with Gasteiger partial charge in [-0.05, 0) is 68.5 Å². The van der Waals surface area contributed by atoms with E-state index in [-0.39, 0.29) is 18.8 Å². The molecule has 1 heterocycles. The van der Waals surface area contributed by atoms with Crippen LogP contribution in [0.4, 0.5) is 0 Å². The molecule has 1 amide bonds. The Morgan fingerprint density at radius 2 is 1.89 bits per heavy atom. The van der Waals surface area contributed by atoms with Crippen LogP contribution in [0, 0.1) is 0 Å². The molecular formula is C22H27NO4. The van der Waals surface area contributed by atoms with E-state index in [1.54, 1.807) is 0 Å². The minimum Gasteiger partial charge on any atom is -0.491 e. The van der Waals surface area contributed by atoms with Crippen molar-refractivity contribution in [3.05, 3.63) is 53.6 Å². The molecule has 1 N–H and O–H groups in total. The second kappa shape index (κ2) is 9.31. The van der Waals surface area contributed by atoms with Crippen LogP contribution in [-0.4, -0.2) is 25.3 Å². The fraction of sp³-hybridized carbons (Fsp3) is 0.409. The maximum Gasteiger partial charge on any atom is 0.231 e. The van der Waals surface area contributed by atoms with Gasteiger partial charge in [-0.3, -0.25) is 4.79 Å². The highest BCUT2D eigenvalue weighted by Gasteiger charge is 2.13. The minimum absolute atomic E-state index is 0.0737. The lowest BCUT2D eigenvalue weighted by Gasteiger charge is -2.11. The monoisotopic (exact) mass is 369 g/mol. The average Bonchev–Trinajstić information content (AvgIpc) is 3.11. The molecule has 1 aliphatic heterocycles. The maximum atomic E-state index is 12.0. The van der Waals surface area contributed by atoms with E-state index < -0.39 is 0 Å². The van der Waals surface area contributed by atoms with E-state index in [9.17, 15) is 4.79 Å². The van der Waals surface area contributed by atoms with Crippen LogP contribution in [0.2, 0.25) is 0 Å². The lowest BCUT2D eigenvalue weighted by atomic mass is 10.1. The summed E-state index contributed by atoms with van der Waals surface area (Å²) in [5.74, 6) is 2.50. The van der Waals surface area contributed by atoms with Crippen molar-refractivity contribution in [2.24, 2.45) is 0 Å². The van der Waals surface area contributed by atoms with Gasteiger partial charge in [0.15, 0.2) is 11.5 Å². The molecule has 0 atom stereocenters. The van der Waals surface area contributed by atoms with Crippen molar-refractivity contribution in [2.75, 3.05) is 13.3 Å². The standard InChI is InChI=1S/C22H27NO4/c1-16(2)27-19-7-3-5-17(13-19)6-4-12-23-22(24)11-9-18-8-10-20-21(14-18)26-15-25-20/h3,5,7-8,10,13-14,16H,4,6,9,11-12,15H2,1-2H3,(H,23,24). The summed E-state index contributed by atoms with van der Waals surface area (Å²) in [5.41, 5.74) is 2.30. The van der Waals surface area contributed by atoms with E-state index >= 15 is 0 Å². The molecule has 0 saturated carbocycles. The van der Waals surface area contributed by atoms with Gasteiger partial charge < -0.3 is 19.5 Å². The van der Waals surface area contributed by atoms with E-state index in [1.807, 2.05) is 44.2 Å². The van der Waals surface area contributed by atoms with Gasteiger partial charge in [0.05, 0.1) is 6.10 Å². The molecule has 5 heteroatoms. The molecule has 0 unspecified atom stereocenters. The van der Waals surface area contributed by atoms with Crippen LogP contribution in [0.15, 0.2) is 42.5 Å². The number of benzene rings is 2. The molecule has 2 aromatic carbocycles. The number of aryl methyl sites for hydroxylation is 2. The number of carbonyl (C=O) groups is 1. The summed E-state index contributed by atoms with van der Waals surface area (Å²) >= 11 is 0. The highest BCUT2D eigenvalue weighted by atomic mass is 16.7. The van der Waals surface area contributed by atoms with Crippen molar-refractivity contribution in [3.63, 3.8) is 0 Å². The van der Waals surface area contributed by atoms with Crippen LogP contribution in [0.3, 0.4) is 0 Å². The van der Waals surface area contributed by atoms with Crippen LogP contribution in [-0.2, 0) is 17.6 Å². The zero-order valence-electron chi connectivity index (χ0n) is 16.0. The normalized spacial score (nSPS) is 12.3. The van der Waals surface area contributed by atoms with E-state index in [1.165, 1.54) is 5.56 Å². The second-order valence-electron chi connectivity index (χ2n) is 6.96. The van der Waals surface area contributed by atoms with Crippen molar-refractivity contribution in [1.29, 1.82) is 0 Å². The third kappa shape index (κ3) is 5.91. The molecule has 1 aliphatic rings. The lowest BCUT2D eigenvalue weighted by molar-refractivity contribution is -0.121. The summed E-state index contributed by atoms with van der Waals surface area (Å²) < 4.78 is 16.4. The van der Waals surface area contributed by atoms with Crippen LogP contribution in [0.5, 0.6) is 17.2 Å². The van der Waals surface area contributed by atoms with Gasteiger partial charge in [-0.25, -0.2) is 0 Å². The zero-order chi connectivity index (χ0) is 19.1. The largest absolute Gasteiger partial charge is 0.491 e. The third-order valence-corrected chi connectivity index (χ3v) is 4.31. The highest BCUT2D eigenvalue weighted by Crippen LogP contribution is 2.32. The van der Waals surface area contributed by atoms with Crippen LogP contribution >= 0.6 is 0 Å². The van der Waals surface area contributed by atoms with Crippen LogP contribution in [0.25, 0.3) is 0 Å². The Morgan fingerprint density at radius 1 is 1.07 bits per heavy atom. The maximum absolute atomic E-state index is 12.0. The Hall–Kier alpha value is -2.69. The summed E-state index contributed by atoms with van der Waals surface area (Å²) in [7, 11) is 0. The highest BCUT2D eigenvalue weighted by molar-refractivity contribution is 5.76. The van der Waals surface area contributed by atoms with E-state index in [0.717, 1.165) is 35.7 Å². The van der Waals surface area contributed by atoms with Gasteiger partial charge in [-0.2, -0.15) is 0 Å². The molecule has 0 radical (unpaired) electrons. The predicted molar refractivity (Wildman–Crippen MR) is 104 cm³/mol. The van der Waals surface area contributed by atoms with Crippen LogP contribution < -0.4 is 19.5 Å². The number of rotatable bonds is 9. The summed E-state index contributed by atoms with van der Waals surface area (Å²) in [4.78, 5) is 12.0. The Balaban J connectivity index is 1.35. The number of amides is 1. The molecular weight excluding hydrogens is 342 g/mol. The second-order valence-corrected chi connectivity index (χ2v) is 6.96. The smallest absolute Gasteiger partial charge is 0.231 e. The van der Waals surface area contributed by atoms with E-state index in [0.29, 0.717) is 19.4 Å². The molecule has 0 aliphatic carbocycles. The molecule has 0 aromatic heterocycles. The first-order valence-corrected chi connectivity index (χ1v) is 9.51. The van der Waals surface area contributed by atoms with Gasteiger partial charge in [0, 0.05) is 13.0 Å². The third-order valence-electron chi connectivity index (χ3n) is 4.31. The molecule has 0 fully saturated rings. The van der Waals surface area contributed by atoms with Crippen molar-refractivity contribution < 1.29 is 19.0 Å². The molecule has 27 heavy (non-hydrogen) atoms. The molecule has 5 nitrogen and oxygen atoms in total. The lowest BCUT2D eigenvalue weighted by Crippen LogP contribution is -2.24. The summed E-state index contributed by atoms with van der Waals surface area (Å²) in [5, 5.41) is 3.00. The fourth-order valence-electron chi connectivity index (χ4n) is 3.01. The molecule has 0 spiro atoms. The van der Waals surface area contributed by atoms with Crippen molar-refractivity contribution in [1.82, 2.24) is 5.32 Å². The van der Waals surface area contributed by atoms with Gasteiger partial charge in [-0.1, -0.05) is 18.2 Å². The van der Waals surface area contributed by atoms with E-state index in [2.05, 4.69) is 17.4 Å². The summed E-state index contributed by atoms with van der Waals surface area (Å²) in [6, 6.07) is 14.0. The van der Waals surface area contributed by atoms with Gasteiger partial charge in [0.25, 0.3) is 0 Å². The van der Waals surface area contributed by atoms with Crippen LogP contribution in [0.1, 0.15) is 37.8 Å². The summed E-state index contributed by atoms with van der Waals surface area (Å²) in [6.45, 7) is 4.98. The van der Waals surface area contributed by atoms with Gasteiger partial charge in [0.2, 0.25) is 12.7 Å². The number of carbonyl (C=O) groups excluding carboxylic acids is 1. The average molecular weight is 369 g/mol. The van der Waals surface area contributed by atoms with Crippen molar-refractivity contribution in [2.45, 2.75) is 45.6 Å². The quantitative estimate of drug-likeness (QED) is 0.682. The van der Waals surface area contributed by atoms with Crippen molar-refractivity contribution >= 4 is 5.91 Å². The number of hydrogen-bond acceptors (Lipinski definition) is 4. The first-order valence-electron chi connectivity index (χ1n) is 9.51. The number of ether oxygens (including phenoxy) is 3. The molecule has 144 valence electrons. The molecule has 2 aromatic rings. The topological polar surface area (TPSA) is 56.8 Å². The number of nitrogens with one attached hydrogen (secondary N) is 1. The molecule has 0 bridgehead atoms. The van der Waals surface area contributed by atoms with E-state index in [4.69, 9.17) is 14.2 Å². The zero-order valence-corrected chi connectivity index (χ0v) is 16.0. The molecule has 0 saturated heterocycles. The van der Waals surface area contributed by atoms with Gasteiger partial charge in [-0.15, -0.1) is 0 Å². The van der Waals surface area contributed by atoms with Crippen molar-refractivity contribution in [3.8, 4) is 17.2 Å². The van der Waals surface area contributed by atoms with Gasteiger partial charge >= 0.3 is 0 Å². The Morgan fingerprint density at radius 3 is 2.74 bits per heavy atom. The Kier molecular flexibility index (Phi) is 6.58. The summed E-state index contributed by atoms with van der Waals surface area (Å²) in [6.07, 6.45) is 3.15. The SMILES string of the molecule is CC(C)Oc1cccc(CCCNC(=O)CCc2ccc3c(c2)OCO3)c1. The van der Waals surface area contributed by atoms with Gasteiger partial charge in [0.1, 0.15) is 5.75 Å². The number of hydrogen-bond donors (Lipinski definition) is 1. The first kappa shape index (κ1) is 19.1. The predicted octanol–water partition coefficient (Wildman–Crippen LogP) is 3.88. The fourth-order valence-corrected chi connectivity index (χ4v) is 3.01. The molecule has 3 rings (SSSR count). The Labute approximate surface area is 160 Å².